The largest absolute Gasteiger partial charge is 0.328 e. The average molecular weight is 747 g/mol. The SMILES string of the molecule is Cn1c(=O)n(C)c2cc(-c3ccc(-c4ccc(-c5ccc(-c6cc(-c7ccccc7-c7ccccc7)nc(-c7ccccc7)n6)cc5)c5ccccc45)cc3)ccc21. The monoisotopic (exact) mass is 746 g/mol. The third-order valence-electron chi connectivity index (χ3n) is 11.3. The van der Waals surface area contributed by atoms with Crippen molar-refractivity contribution in [2.75, 3.05) is 0 Å². The Bertz CT molecular complexity index is 3180. The minimum Gasteiger partial charge on any atom is -0.295 e. The van der Waals surface area contributed by atoms with Crippen molar-refractivity contribution in [1.82, 2.24) is 19.1 Å². The van der Waals surface area contributed by atoms with Crippen LogP contribution in [0.15, 0.2) is 199 Å². The van der Waals surface area contributed by atoms with E-state index in [1.807, 2.05) is 44.4 Å². The molecule has 5 heteroatoms. The van der Waals surface area contributed by atoms with Crippen LogP contribution in [0.1, 0.15) is 0 Å². The smallest absolute Gasteiger partial charge is 0.295 e. The number of fused-ring (bicyclic) bond motifs is 2. The van der Waals surface area contributed by atoms with Crippen molar-refractivity contribution in [3.63, 3.8) is 0 Å². The van der Waals surface area contributed by atoms with E-state index in [0.29, 0.717) is 5.82 Å². The van der Waals surface area contributed by atoms with Gasteiger partial charge in [0, 0.05) is 30.8 Å². The molecule has 0 aliphatic rings. The highest BCUT2D eigenvalue weighted by atomic mass is 16.1. The molecule has 58 heavy (non-hydrogen) atoms. The lowest BCUT2D eigenvalue weighted by Gasteiger charge is -2.14. The van der Waals surface area contributed by atoms with E-state index in [-0.39, 0.29) is 5.69 Å². The lowest BCUT2D eigenvalue weighted by Crippen LogP contribution is -2.19. The number of nitrogens with zero attached hydrogens (tertiary/aromatic N) is 4. The molecule has 2 heterocycles. The standard InChI is InChI=1S/C53H38N4O/c1-56-50-32-29-41(33-51(50)57(2)53(56)58)35-21-23-37(24-22-35)43-30-31-44(46-19-11-10-18-45(43)46)38-25-27-39(28-26-38)48-34-49(55-52(54-48)40-15-7-4-8-16-40)47-20-12-9-17-42(47)36-13-5-3-6-14-36/h3-34H,1-2H3. The fourth-order valence-corrected chi connectivity index (χ4v) is 8.18. The number of aromatic nitrogens is 4. The van der Waals surface area contributed by atoms with Gasteiger partial charge in [-0.3, -0.25) is 9.13 Å². The van der Waals surface area contributed by atoms with Crippen LogP contribution in [-0.2, 0) is 14.1 Å². The van der Waals surface area contributed by atoms with Crippen LogP contribution in [0.25, 0.3) is 100 Å². The minimum atomic E-state index is -0.0211. The van der Waals surface area contributed by atoms with Crippen molar-refractivity contribution >= 4 is 21.8 Å². The fraction of sp³-hybridized carbons (Fsp3) is 0.0377. The van der Waals surface area contributed by atoms with Gasteiger partial charge in [0.25, 0.3) is 0 Å². The summed E-state index contributed by atoms with van der Waals surface area (Å²) in [5.74, 6) is 0.693. The molecule has 0 radical (unpaired) electrons. The van der Waals surface area contributed by atoms with E-state index < -0.39 is 0 Å². The summed E-state index contributed by atoms with van der Waals surface area (Å²) < 4.78 is 3.39. The number of aryl methyl sites for hydroxylation is 2. The van der Waals surface area contributed by atoms with Crippen molar-refractivity contribution in [1.29, 1.82) is 0 Å². The molecule has 0 atom stereocenters. The summed E-state index contributed by atoms with van der Waals surface area (Å²) in [6, 6.07) is 68.0. The van der Waals surface area contributed by atoms with Crippen LogP contribution in [0.2, 0.25) is 0 Å². The molecular weight excluding hydrogens is 709 g/mol. The van der Waals surface area contributed by atoms with Crippen LogP contribution in [0, 0.1) is 0 Å². The van der Waals surface area contributed by atoms with Crippen molar-refractivity contribution in [2.24, 2.45) is 14.1 Å². The second-order valence-corrected chi connectivity index (χ2v) is 14.7. The predicted octanol–water partition coefficient (Wildman–Crippen LogP) is 12.5. The molecule has 2 aromatic heterocycles. The molecule has 0 aliphatic carbocycles. The number of imidazole rings is 1. The van der Waals surface area contributed by atoms with Crippen molar-refractivity contribution in [2.45, 2.75) is 0 Å². The van der Waals surface area contributed by atoms with Crippen molar-refractivity contribution in [3.8, 4) is 78.4 Å². The topological polar surface area (TPSA) is 52.7 Å². The summed E-state index contributed by atoms with van der Waals surface area (Å²) in [5, 5.41) is 2.39. The first-order valence-electron chi connectivity index (χ1n) is 19.5. The van der Waals surface area contributed by atoms with Crippen molar-refractivity contribution in [3.05, 3.63) is 205 Å². The van der Waals surface area contributed by atoms with E-state index in [4.69, 9.17) is 9.97 Å². The highest BCUT2D eigenvalue weighted by Crippen LogP contribution is 2.38. The van der Waals surface area contributed by atoms with Gasteiger partial charge in [0.2, 0.25) is 0 Å². The number of hydrogen-bond acceptors (Lipinski definition) is 3. The normalized spacial score (nSPS) is 11.3. The summed E-state index contributed by atoms with van der Waals surface area (Å²) in [6.45, 7) is 0. The molecule has 10 aromatic rings. The Morgan fingerprint density at radius 3 is 1.45 bits per heavy atom. The van der Waals surface area contributed by atoms with Gasteiger partial charge >= 0.3 is 5.69 Å². The Balaban J connectivity index is 0.999. The zero-order chi connectivity index (χ0) is 39.2. The molecule has 0 saturated heterocycles. The molecule has 0 bridgehead atoms. The molecule has 0 spiro atoms. The Morgan fingerprint density at radius 2 is 0.810 bits per heavy atom. The zero-order valence-electron chi connectivity index (χ0n) is 32.2. The van der Waals surface area contributed by atoms with Gasteiger partial charge in [-0.05, 0) is 73.5 Å². The maximum Gasteiger partial charge on any atom is 0.328 e. The van der Waals surface area contributed by atoms with Gasteiger partial charge in [0.15, 0.2) is 5.82 Å². The summed E-state index contributed by atoms with van der Waals surface area (Å²) in [6.07, 6.45) is 0. The highest BCUT2D eigenvalue weighted by molar-refractivity contribution is 6.05. The number of rotatable bonds is 7. The molecule has 0 fully saturated rings. The first kappa shape index (κ1) is 34.8. The zero-order valence-corrected chi connectivity index (χ0v) is 32.2. The van der Waals surface area contributed by atoms with E-state index in [1.54, 1.807) is 9.13 Å². The fourth-order valence-electron chi connectivity index (χ4n) is 8.18. The van der Waals surface area contributed by atoms with Gasteiger partial charge in [-0.25, -0.2) is 14.8 Å². The van der Waals surface area contributed by atoms with Crippen LogP contribution in [0.3, 0.4) is 0 Å². The minimum absolute atomic E-state index is 0.0211. The first-order chi connectivity index (χ1) is 28.5. The number of benzene rings is 8. The molecule has 0 amide bonds. The Kier molecular flexibility index (Phi) is 8.68. The van der Waals surface area contributed by atoms with Gasteiger partial charge in [0.1, 0.15) is 0 Å². The summed E-state index contributed by atoms with van der Waals surface area (Å²) >= 11 is 0. The van der Waals surface area contributed by atoms with Crippen LogP contribution in [-0.4, -0.2) is 19.1 Å². The van der Waals surface area contributed by atoms with Crippen molar-refractivity contribution < 1.29 is 0 Å². The van der Waals surface area contributed by atoms with Crippen LogP contribution < -0.4 is 5.69 Å². The second-order valence-electron chi connectivity index (χ2n) is 14.7. The lowest BCUT2D eigenvalue weighted by molar-refractivity contribution is 0.795. The molecular formula is C53H38N4O. The third kappa shape index (κ3) is 6.19. The highest BCUT2D eigenvalue weighted by Gasteiger charge is 2.16. The van der Waals surface area contributed by atoms with E-state index in [1.165, 1.54) is 21.9 Å². The van der Waals surface area contributed by atoms with Gasteiger partial charge in [0.05, 0.1) is 22.4 Å². The third-order valence-corrected chi connectivity index (χ3v) is 11.3. The quantitative estimate of drug-likeness (QED) is 0.163. The van der Waals surface area contributed by atoms with Gasteiger partial charge in [-0.15, -0.1) is 0 Å². The van der Waals surface area contributed by atoms with E-state index in [9.17, 15) is 4.79 Å². The summed E-state index contributed by atoms with van der Waals surface area (Å²) in [5.41, 5.74) is 15.8. The molecule has 0 aliphatic heterocycles. The van der Waals surface area contributed by atoms with Crippen LogP contribution in [0.5, 0.6) is 0 Å². The van der Waals surface area contributed by atoms with Crippen LogP contribution >= 0.6 is 0 Å². The van der Waals surface area contributed by atoms with Gasteiger partial charge < -0.3 is 0 Å². The Hall–Kier alpha value is -7.63. The molecule has 10 rings (SSSR count). The first-order valence-corrected chi connectivity index (χ1v) is 19.5. The van der Waals surface area contributed by atoms with E-state index >= 15 is 0 Å². The molecule has 5 nitrogen and oxygen atoms in total. The molecule has 0 unspecified atom stereocenters. The average Bonchev–Trinajstić information content (AvgIpc) is 3.52. The Labute approximate surface area is 336 Å². The van der Waals surface area contributed by atoms with E-state index in [2.05, 4.69) is 164 Å². The van der Waals surface area contributed by atoms with Gasteiger partial charge in [-0.2, -0.15) is 0 Å². The number of hydrogen-bond donors (Lipinski definition) is 0. The Morgan fingerprint density at radius 1 is 0.345 bits per heavy atom. The van der Waals surface area contributed by atoms with Gasteiger partial charge in [-0.1, -0.05) is 176 Å². The summed E-state index contributed by atoms with van der Waals surface area (Å²) in [4.78, 5) is 22.8. The molecule has 0 saturated carbocycles. The predicted molar refractivity (Wildman–Crippen MR) is 239 cm³/mol. The lowest BCUT2D eigenvalue weighted by atomic mass is 9.91. The van der Waals surface area contributed by atoms with Crippen LogP contribution in [0.4, 0.5) is 0 Å². The second kappa shape index (κ2) is 14.5. The molecule has 276 valence electrons. The maximum absolute atomic E-state index is 12.5. The molecule has 8 aromatic carbocycles. The maximum atomic E-state index is 12.5. The molecule has 0 N–H and O–H groups in total. The summed E-state index contributed by atoms with van der Waals surface area (Å²) in [7, 11) is 3.64. The van der Waals surface area contributed by atoms with E-state index in [0.717, 1.165) is 72.5 Å².